The van der Waals surface area contributed by atoms with Crippen LogP contribution in [0.1, 0.15) is 31.7 Å². The van der Waals surface area contributed by atoms with E-state index in [1.807, 2.05) is 0 Å². The maximum atomic E-state index is 12.9. The number of alkyl halides is 3. The molecule has 2 N–H and O–H groups in total. The Morgan fingerprint density at radius 3 is 2.65 bits per heavy atom. The van der Waals surface area contributed by atoms with Crippen LogP contribution in [0.15, 0.2) is 24.3 Å². The second-order valence-corrected chi connectivity index (χ2v) is 5.36. The Balaban J connectivity index is 2.29. The van der Waals surface area contributed by atoms with E-state index in [4.69, 9.17) is 0 Å². The van der Waals surface area contributed by atoms with Gasteiger partial charge in [0, 0.05) is 11.7 Å². The van der Waals surface area contributed by atoms with Gasteiger partial charge in [-0.05, 0) is 31.9 Å². The van der Waals surface area contributed by atoms with Crippen molar-refractivity contribution in [2.75, 3.05) is 5.32 Å². The van der Waals surface area contributed by atoms with Crippen LogP contribution in [-0.2, 0) is 11.0 Å². The van der Waals surface area contributed by atoms with Crippen LogP contribution in [0.3, 0.4) is 0 Å². The number of carboxylic acids is 1. The van der Waals surface area contributed by atoms with Crippen molar-refractivity contribution in [1.29, 1.82) is 0 Å². The lowest BCUT2D eigenvalue weighted by molar-refractivity contribution is -0.147. The molecule has 1 fully saturated rings. The fourth-order valence-corrected chi connectivity index (χ4v) is 2.70. The lowest BCUT2D eigenvalue weighted by Gasteiger charge is -2.29. The molecule has 2 rings (SSSR count). The predicted octanol–water partition coefficient (Wildman–Crippen LogP) is 3.76. The minimum atomic E-state index is -4.46. The van der Waals surface area contributed by atoms with Gasteiger partial charge < -0.3 is 10.4 Å². The number of para-hydroxylation sites is 1. The van der Waals surface area contributed by atoms with Crippen LogP contribution in [0.4, 0.5) is 18.9 Å². The Hall–Kier alpha value is -1.72. The maximum Gasteiger partial charge on any atom is 0.418 e. The van der Waals surface area contributed by atoms with E-state index >= 15 is 0 Å². The van der Waals surface area contributed by atoms with Gasteiger partial charge in [0.1, 0.15) is 0 Å². The number of hydrogen-bond donors (Lipinski definition) is 2. The zero-order valence-corrected chi connectivity index (χ0v) is 11.0. The summed E-state index contributed by atoms with van der Waals surface area (Å²) in [4.78, 5) is 11.3. The Morgan fingerprint density at radius 1 is 1.40 bits per heavy atom. The van der Waals surface area contributed by atoms with Gasteiger partial charge in [0.25, 0.3) is 0 Å². The number of carbonyl (C=O) groups is 1. The molecule has 1 aromatic carbocycles. The van der Waals surface area contributed by atoms with E-state index in [9.17, 15) is 23.1 Å². The molecule has 1 saturated carbocycles. The molecule has 110 valence electrons. The van der Waals surface area contributed by atoms with Crippen LogP contribution < -0.4 is 5.32 Å². The fraction of sp³-hybridized carbons (Fsp3) is 0.500. The van der Waals surface area contributed by atoms with Crippen molar-refractivity contribution >= 4 is 11.7 Å². The highest BCUT2D eigenvalue weighted by molar-refractivity contribution is 5.76. The number of hydrogen-bond acceptors (Lipinski definition) is 2. The van der Waals surface area contributed by atoms with Crippen molar-refractivity contribution in [1.82, 2.24) is 0 Å². The van der Waals surface area contributed by atoms with Gasteiger partial charge >= 0.3 is 12.1 Å². The van der Waals surface area contributed by atoms with Gasteiger partial charge in [-0.2, -0.15) is 13.2 Å². The smallest absolute Gasteiger partial charge is 0.418 e. The van der Waals surface area contributed by atoms with Crippen LogP contribution in [0, 0.1) is 5.41 Å². The average Bonchev–Trinajstić information content (AvgIpc) is 2.72. The molecule has 0 radical (unpaired) electrons. The summed E-state index contributed by atoms with van der Waals surface area (Å²) in [5.41, 5.74) is -1.85. The van der Waals surface area contributed by atoms with Crippen LogP contribution >= 0.6 is 0 Å². The summed E-state index contributed by atoms with van der Waals surface area (Å²) in [6.07, 6.45) is -2.75. The number of carboxylic acid groups (broad SMARTS) is 1. The molecule has 0 heterocycles. The van der Waals surface area contributed by atoms with Crippen LogP contribution in [0.2, 0.25) is 0 Å². The van der Waals surface area contributed by atoms with Crippen LogP contribution in [-0.4, -0.2) is 17.1 Å². The van der Waals surface area contributed by atoms with Crippen LogP contribution in [0.5, 0.6) is 0 Å². The number of benzene rings is 1. The first-order valence-corrected chi connectivity index (χ1v) is 6.41. The molecule has 0 spiro atoms. The monoisotopic (exact) mass is 287 g/mol. The van der Waals surface area contributed by atoms with Crippen molar-refractivity contribution in [2.24, 2.45) is 5.41 Å². The summed E-state index contributed by atoms with van der Waals surface area (Å²) in [5, 5.41) is 12.1. The third-order valence-electron chi connectivity index (χ3n) is 4.01. The molecule has 20 heavy (non-hydrogen) atoms. The van der Waals surface area contributed by atoms with Gasteiger partial charge in [0.05, 0.1) is 11.0 Å². The summed E-state index contributed by atoms with van der Waals surface area (Å²) in [7, 11) is 0. The molecule has 1 aromatic rings. The normalized spacial score (nSPS) is 26.5. The largest absolute Gasteiger partial charge is 0.481 e. The molecule has 1 aliphatic carbocycles. The molecule has 0 amide bonds. The van der Waals surface area contributed by atoms with E-state index in [1.165, 1.54) is 18.2 Å². The summed E-state index contributed by atoms with van der Waals surface area (Å²) in [6, 6.07) is 4.66. The summed E-state index contributed by atoms with van der Waals surface area (Å²) in [6.45, 7) is 1.58. The van der Waals surface area contributed by atoms with Crippen molar-refractivity contribution in [3.8, 4) is 0 Å². The quantitative estimate of drug-likeness (QED) is 0.890. The SMILES string of the molecule is CC1(C(=O)O)CCCC1Nc1ccccc1C(F)(F)F. The molecule has 3 nitrogen and oxygen atoms in total. The molecule has 0 aliphatic heterocycles. The lowest BCUT2D eigenvalue weighted by atomic mass is 9.84. The minimum absolute atomic E-state index is 0.0561. The molecular weight excluding hydrogens is 271 g/mol. The van der Waals surface area contributed by atoms with Gasteiger partial charge in [-0.15, -0.1) is 0 Å². The number of rotatable bonds is 3. The van der Waals surface area contributed by atoms with Gasteiger partial charge in [-0.1, -0.05) is 18.6 Å². The Morgan fingerprint density at radius 2 is 2.05 bits per heavy atom. The molecule has 1 aliphatic rings. The molecule has 0 bridgehead atoms. The first kappa shape index (κ1) is 14.7. The molecule has 0 saturated heterocycles. The van der Waals surface area contributed by atoms with Gasteiger partial charge in [0.15, 0.2) is 0 Å². The first-order valence-electron chi connectivity index (χ1n) is 6.41. The first-order chi connectivity index (χ1) is 9.25. The lowest BCUT2D eigenvalue weighted by Crippen LogP contribution is -2.40. The van der Waals surface area contributed by atoms with Gasteiger partial charge in [0.2, 0.25) is 0 Å². The topological polar surface area (TPSA) is 49.3 Å². The highest BCUT2D eigenvalue weighted by Gasteiger charge is 2.46. The van der Waals surface area contributed by atoms with E-state index in [-0.39, 0.29) is 5.69 Å². The van der Waals surface area contributed by atoms with Crippen molar-refractivity contribution in [3.05, 3.63) is 29.8 Å². The number of nitrogens with one attached hydrogen (secondary N) is 1. The molecule has 6 heteroatoms. The second-order valence-electron chi connectivity index (χ2n) is 5.36. The summed E-state index contributed by atoms with van der Waals surface area (Å²) in [5.74, 6) is -0.975. The van der Waals surface area contributed by atoms with Crippen LogP contribution in [0.25, 0.3) is 0 Å². The molecular formula is C14H16F3NO2. The van der Waals surface area contributed by atoms with Crippen molar-refractivity contribution in [2.45, 2.75) is 38.4 Å². The van der Waals surface area contributed by atoms with E-state index in [1.54, 1.807) is 6.92 Å². The van der Waals surface area contributed by atoms with Crippen molar-refractivity contribution in [3.63, 3.8) is 0 Å². The zero-order chi connectivity index (χ0) is 15.0. The summed E-state index contributed by atoms with van der Waals surface area (Å²) >= 11 is 0. The van der Waals surface area contributed by atoms with E-state index in [0.717, 1.165) is 6.07 Å². The third kappa shape index (κ3) is 2.59. The summed E-state index contributed by atoms with van der Waals surface area (Å²) < 4.78 is 38.8. The number of anilines is 1. The van der Waals surface area contributed by atoms with Gasteiger partial charge in [-0.25, -0.2) is 0 Å². The number of aliphatic carboxylic acids is 1. The Bertz CT molecular complexity index is 515. The molecule has 2 unspecified atom stereocenters. The number of halogens is 3. The zero-order valence-electron chi connectivity index (χ0n) is 11.0. The highest BCUT2D eigenvalue weighted by Crippen LogP contribution is 2.42. The third-order valence-corrected chi connectivity index (χ3v) is 4.01. The van der Waals surface area contributed by atoms with E-state index in [2.05, 4.69) is 5.32 Å². The van der Waals surface area contributed by atoms with E-state index in [0.29, 0.717) is 19.3 Å². The molecule has 0 aromatic heterocycles. The average molecular weight is 287 g/mol. The predicted molar refractivity (Wildman–Crippen MR) is 68.4 cm³/mol. The maximum absolute atomic E-state index is 12.9. The Labute approximate surface area is 114 Å². The highest BCUT2D eigenvalue weighted by atomic mass is 19.4. The van der Waals surface area contributed by atoms with Crippen molar-refractivity contribution < 1.29 is 23.1 Å². The minimum Gasteiger partial charge on any atom is -0.481 e. The standard InChI is InChI=1S/C14H16F3NO2/c1-13(12(19)20)8-4-7-11(13)18-10-6-3-2-5-9(10)14(15,16)17/h2-3,5-6,11,18H,4,7-8H2,1H3,(H,19,20). The van der Waals surface area contributed by atoms with Gasteiger partial charge in [-0.3, -0.25) is 4.79 Å². The Kier molecular flexibility index (Phi) is 3.67. The van der Waals surface area contributed by atoms with E-state index < -0.39 is 29.2 Å². The second kappa shape index (κ2) is 5.00. The fourth-order valence-electron chi connectivity index (χ4n) is 2.70. The molecule has 2 atom stereocenters.